The Morgan fingerprint density at radius 3 is 2.95 bits per heavy atom. The number of hydrogen-bond donors (Lipinski definition) is 1. The van der Waals surface area contributed by atoms with Crippen LogP contribution in [0, 0.1) is 0 Å². The Morgan fingerprint density at radius 2 is 2.29 bits per heavy atom. The predicted octanol–water partition coefficient (Wildman–Crippen LogP) is 2.52. The largest absolute Gasteiger partial charge is 0.469 e. The number of nitrogens with one attached hydrogen (secondary N) is 1. The van der Waals surface area contributed by atoms with Crippen LogP contribution in [0.2, 0.25) is 0 Å². The Kier molecular flexibility index (Phi) is 4.92. The number of aromatic nitrogens is 2. The smallest absolute Gasteiger partial charge is 0.309 e. The molecule has 1 aromatic heterocycles. The zero-order valence-corrected chi connectivity index (χ0v) is 12.4. The fourth-order valence-corrected chi connectivity index (χ4v) is 1.91. The van der Waals surface area contributed by atoms with E-state index in [-0.39, 0.29) is 18.4 Å². The molecule has 0 spiro atoms. The number of ether oxygens (including phenoxy) is 1. The zero-order valence-electron chi connectivity index (χ0n) is 12.4. The number of anilines is 1. The maximum atomic E-state index is 11.3. The minimum atomic E-state index is -0.260. The highest BCUT2D eigenvalue weighted by atomic mass is 16.5. The van der Waals surface area contributed by atoms with E-state index in [4.69, 9.17) is 4.52 Å². The second-order valence-electron chi connectivity index (χ2n) is 4.72. The molecular formula is C15H19N3O3. The molecule has 0 saturated heterocycles. The van der Waals surface area contributed by atoms with Crippen LogP contribution in [-0.2, 0) is 22.4 Å². The third kappa shape index (κ3) is 4.05. The van der Waals surface area contributed by atoms with Gasteiger partial charge in [0.25, 0.3) is 0 Å². The summed E-state index contributed by atoms with van der Waals surface area (Å²) < 4.78 is 9.87. The lowest BCUT2D eigenvalue weighted by molar-refractivity contribution is -0.139. The Labute approximate surface area is 123 Å². The van der Waals surface area contributed by atoms with Crippen LogP contribution >= 0.6 is 0 Å². The van der Waals surface area contributed by atoms with Crippen LogP contribution in [0.1, 0.15) is 37.2 Å². The van der Waals surface area contributed by atoms with Crippen molar-refractivity contribution in [2.45, 2.75) is 32.7 Å². The van der Waals surface area contributed by atoms with Gasteiger partial charge in [0, 0.05) is 12.1 Å². The van der Waals surface area contributed by atoms with Gasteiger partial charge in [0.1, 0.15) is 6.04 Å². The van der Waals surface area contributed by atoms with Crippen molar-refractivity contribution in [1.82, 2.24) is 10.1 Å². The van der Waals surface area contributed by atoms with Gasteiger partial charge in [-0.25, -0.2) is 0 Å². The van der Waals surface area contributed by atoms with Crippen LogP contribution in [0.3, 0.4) is 0 Å². The van der Waals surface area contributed by atoms with E-state index in [0.29, 0.717) is 11.7 Å². The zero-order chi connectivity index (χ0) is 15.2. The van der Waals surface area contributed by atoms with E-state index in [2.05, 4.69) is 20.2 Å². The summed E-state index contributed by atoms with van der Waals surface area (Å²) in [4.78, 5) is 15.6. The second-order valence-corrected chi connectivity index (χ2v) is 4.72. The standard InChI is InChI=1S/C15H19N3O3/c1-4-13-17-15(21-18-13)10(2)16-12-7-5-6-11(8-12)9-14(19)20-3/h5-8,10,16H,4,9H2,1-3H3/t10-/m1/s1. The number of rotatable bonds is 6. The fraction of sp³-hybridized carbons (Fsp3) is 0.400. The summed E-state index contributed by atoms with van der Waals surface area (Å²) in [7, 11) is 1.38. The van der Waals surface area contributed by atoms with E-state index in [1.807, 2.05) is 38.1 Å². The fourth-order valence-electron chi connectivity index (χ4n) is 1.91. The van der Waals surface area contributed by atoms with Gasteiger partial charge in [0.05, 0.1) is 13.5 Å². The van der Waals surface area contributed by atoms with Crippen molar-refractivity contribution in [3.8, 4) is 0 Å². The van der Waals surface area contributed by atoms with Gasteiger partial charge < -0.3 is 14.6 Å². The van der Waals surface area contributed by atoms with Gasteiger partial charge in [-0.1, -0.05) is 24.2 Å². The first-order valence-electron chi connectivity index (χ1n) is 6.87. The molecule has 0 radical (unpaired) electrons. The molecule has 0 aliphatic rings. The van der Waals surface area contributed by atoms with E-state index in [1.165, 1.54) is 7.11 Å². The van der Waals surface area contributed by atoms with Crippen molar-refractivity contribution >= 4 is 11.7 Å². The Balaban J connectivity index is 2.04. The first-order chi connectivity index (χ1) is 10.1. The van der Waals surface area contributed by atoms with Crippen molar-refractivity contribution in [2.75, 3.05) is 12.4 Å². The molecule has 2 aromatic rings. The van der Waals surface area contributed by atoms with Gasteiger partial charge >= 0.3 is 5.97 Å². The van der Waals surface area contributed by atoms with E-state index >= 15 is 0 Å². The number of benzene rings is 1. The SMILES string of the molecule is CCc1noc([C@@H](C)Nc2cccc(CC(=O)OC)c2)n1. The summed E-state index contributed by atoms with van der Waals surface area (Å²) in [5.74, 6) is 0.980. The van der Waals surface area contributed by atoms with E-state index in [9.17, 15) is 4.79 Å². The van der Waals surface area contributed by atoms with Crippen molar-refractivity contribution in [3.63, 3.8) is 0 Å². The molecular weight excluding hydrogens is 270 g/mol. The average molecular weight is 289 g/mol. The Hall–Kier alpha value is -2.37. The maximum Gasteiger partial charge on any atom is 0.309 e. The number of carbonyl (C=O) groups excluding carboxylic acids is 1. The lowest BCUT2D eigenvalue weighted by atomic mass is 10.1. The van der Waals surface area contributed by atoms with Crippen LogP contribution < -0.4 is 5.32 Å². The predicted molar refractivity (Wildman–Crippen MR) is 77.9 cm³/mol. The minimum absolute atomic E-state index is 0.105. The van der Waals surface area contributed by atoms with Gasteiger partial charge in [-0.05, 0) is 24.6 Å². The van der Waals surface area contributed by atoms with Crippen LogP contribution in [0.15, 0.2) is 28.8 Å². The lowest BCUT2D eigenvalue weighted by Gasteiger charge is -2.12. The number of aryl methyl sites for hydroxylation is 1. The monoisotopic (exact) mass is 289 g/mol. The molecule has 1 heterocycles. The quantitative estimate of drug-likeness (QED) is 0.823. The molecule has 21 heavy (non-hydrogen) atoms. The summed E-state index contributed by atoms with van der Waals surface area (Å²) in [6.07, 6.45) is 0.992. The molecule has 2 rings (SSSR count). The summed E-state index contributed by atoms with van der Waals surface area (Å²) in [6.45, 7) is 3.92. The molecule has 0 aliphatic carbocycles. The van der Waals surface area contributed by atoms with Gasteiger partial charge in [-0.15, -0.1) is 0 Å². The number of methoxy groups -OCH3 is 1. The first kappa shape index (κ1) is 15.0. The molecule has 0 bridgehead atoms. The van der Waals surface area contributed by atoms with E-state index in [1.54, 1.807) is 0 Å². The molecule has 6 heteroatoms. The van der Waals surface area contributed by atoms with Crippen molar-refractivity contribution in [2.24, 2.45) is 0 Å². The van der Waals surface area contributed by atoms with Crippen molar-refractivity contribution in [3.05, 3.63) is 41.5 Å². The van der Waals surface area contributed by atoms with Crippen LogP contribution in [-0.4, -0.2) is 23.2 Å². The highest BCUT2D eigenvalue weighted by Crippen LogP contribution is 2.19. The highest BCUT2D eigenvalue weighted by Gasteiger charge is 2.13. The van der Waals surface area contributed by atoms with Crippen LogP contribution in [0.4, 0.5) is 5.69 Å². The summed E-state index contributed by atoms with van der Waals surface area (Å²) in [5.41, 5.74) is 1.78. The normalized spacial score (nSPS) is 12.0. The van der Waals surface area contributed by atoms with Gasteiger partial charge in [-0.2, -0.15) is 4.98 Å². The maximum absolute atomic E-state index is 11.3. The molecule has 0 saturated carbocycles. The summed E-state index contributed by atoms with van der Waals surface area (Å²) in [6, 6.07) is 7.50. The van der Waals surface area contributed by atoms with E-state index < -0.39 is 0 Å². The Bertz CT molecular complexity index is 610. The van der Waals surface area contributed by atoms with E-state index in [0.717, 1.165) is 17.7 Å². The molecule has 1 N–H and O–H groups in total. The summed E-state index contributed by atoms with van der Waals surface area (Å²) in [5, 5.41) is 7.16. The van der Waals surface area contributed by atoms with Crippen LogP contribution in [0.25, 0.3) is 0 Å². The molecule has 6 nitrogen and oxygen atoms in total. The summed E-state index contributed by atoms with van der Waals surface area (Å²) >= 11 is 0. The third-order valence-corrected chi connectivity index (χ3v) is 3.06. The molecule has 112 valence electrons. The second kappa shape index (κ2) is 6.88. The molecule has 1 atom stereocenters. The first-order valence-corrected chi connectivity index (χ1v) is 6.87. The molecule has 0 unspecified atom stereocenters. The topological polar surface area (TPSA) is 77.2 Å². The molecule has 0 fully saturated rings. The van der Waals surface area contributed by atoms with Crippen LogP contribution in [0.5, 0.6) is 0 Å². The molecule has 0 aliphatic heterocycles. The third-order valence-electron chi connectivity index (χ3n) is 3.06. The number of nitrogens with zero attached hydrogens (tertiary/aromatic N) is 2. The number of esters is 1. The Morgan fingerprint density at radius 1 is 1.48 bits per heavy atom. The molecule has 1 aromatic carbocycles. The minimum Gasteiger partial charge on any atom is -0.469 e. The lowest BCUT2D eigenvalue weighted by Crippen LogP contribution is -2.08. The average Bonchev–Trinajstić information content (AvgIpc) is 2.96. The van der Waals surface area contributed by atoms with Gasteiger partial charge in [0.2, 0.25) is 5.89 Å². The number of hydrogen-bond acceptors (Lipinski definition) is 6. The van der Waals surface area contributed by atoms with Crippen molar-refractivity contribution < 1.29 is 14.1 Å². The van der Waals surface area contributed by atoms with Gasteiger partial charge in [-0.3, -0.25) is 4.79 Å². The van der Waals surface area contributed by atoms with Gasteiger partial charge in [0.15, 0.2) is 5.82 Å². The number of carbonyl (C=O) groups is 1. The molecule has 0 amide bonds. The highest BCUT2D eigenvalue weighted by molar-refractivity contribution is 5.72. The van der Waals surface area contributed by atoms with Crippen molar-refractivity contribution in [1.29, 1.82) is 0 Å².